The van der Waals surface area contributed by atoms with Gasteiger partial charge in [0.1, 0.15) is 0 Å². The van der Waals surface area contributed by atoms with Gasteiger partial charge in [-0.05, 0) is 37.0 Å². The first-order chi connectivity index (χ1) is 9.83. The monoisotopic (exact) mass is 267 g/mol. The summed E-state index contributed by atoms with van der Waals surface area (Å²) in [6, 6.07) is 13.8. The number of rotatable bonds is 5. The van der Waals surface area contributed by atoms with Crippen LogP contribution in [-0.2, 0) is 6.42 Å². The smallest absolute Gasteiger partial charge is 0.271 e. The zero-order valence-corrected chi connectivity index (χ0v) is 11.2. The van der Waals surface area contributed by atoms with Crippen LogP contribution in [-0.4, -0.2) is 22.6 Å². The van der Waals surface area contributed by atoms with Crippen LogP contribution >= 0.6 is 0 Å². The number of carbonyl (C=O) groups excluding carboxylic acids is 1. The highest BCUT2D eigenvalue weighted by molar-refractivity contribution is 5.92. The second kappa shape index (κ2) is 5.82. The summed E-state index contributed by atoms with van der Waals surface area (Å²) in [6.07, 6.45) is 3.20. The van der Waals surface area contributed by atoms with E-state index in [1.807, 2.05) is 24.3 Å². The number of hydrogen-bond acceptors (Lipinski definition) is 3. The van der Waals surface area contributed by atoms with Crippen molar-refractivity contribution >= 4 is 5.91 Å². The molecule has 1 aliphatic carbocycles. The fourth-order valence-electron chi connectivity index (χ4n) is 2.12. The first kappa shape index (κ1) is 12.8. The Labute approximate surface area is 118 Å². The SMILES string of the molecule is O=C(NCCc1ccccc1)c1ccc(C2CC2)nn1. The molecule has 0 spiro atoms. The standard InChI is InChI=1S/C16H17N3O/c20-16(17-11-10-12-4-2-1-3-5-12)15-9-8-14(18-19-15)13-6-7-13/h1-5,8-9,13H,6-7,10-11H2,(H,17,20). The third-order valence-electron chi connectivity index (χ3n) is 3.46. The van der Waals surface area contributed by atoms with Gasteiger partial charge in [0.15, 0.2) is 5.69 Å². The number of benzene rings is 1. The normalized spacial score (nSPS) is 14.0. The number of hydrogen-bond donors (Lipinski definition) is 1. The van der Waals surface area contributed by atoms with Crippen LogP contribution in [0.3, 0.4) is 0 Å². The van der Waals surface area contributed by atoms with E-state index in [1.54, 1.807) is 6.07 Å². The molecule has 1 aliphatic rings. The molecule has 1 saturated carbocycles. The third-order valence-corrected chi connectivity index (χ3v) is 3.46. The molecule has 102 valence electrons. The molecule has 1 heterocycles. The van der Waals surface area contributed by atoms with E-state index >= 15 is 0 Å². The Balaban J connectivity index is 1.51. The van der Waals surface area contributed by atoms with E-state index in [-0.39, 0.29) is 5.91 Å². The zero-order chi connectivity index (χ0) is 13.8. The predicted molar refractivity (Wildman–Crippen MR) is 76.5 cm³/mol. The van der Waals surface area contributed by atoms with E-state index in [9.17, 15) is 4.79 Å². The van der Waals surface area contributed by atoms with E-state index in [4.69, 9.17) is 0 Å². The van der Waals surface area contributed by atoms with Gasteiger partial charge in [-0.15, -0.1) is 5.10 Å². The summed E-state index contributed by atoms with van der Waals surface area (Å²) in [6.45, 7) is 0.606. The highest BCUT2D eigenvalue weighted by atomic mass is 16.1. The number of amides is 1. The summed E-state index contributed by atoms with van der Waals surface area (Å²) < 4.78 is 0. The fourth-order valence-corrected chi connectivity index (χ4v) is 2.12. The van der Waals surface area contributed by atoms with Crippen LogP contribution < -0.4 is 5.32 Å². The van der Waals surface area contributed by atoms with Gasteiger partial charge in [0.2, 0.25) is 0 Å². The molecule has 0 radical (unpaired) electrons. The Morgan fingerprint density at radius 1 is 1.10 bits per heavy atom. The van der Waals surface area contributed by atoms with Crippen LogP contribution in [0.15, 0.2) is 42.5 Å². The van der Waals surface area contributed by atoms with Gasteiger partial charge in [-0.3, -0.25) is 4.79 Å². The van der Waals surface area contributed by atoms with Crippen molar-refractivity contribution in [1.82, 2.24) is 15.5 Å². The Kier molecular flexibility index (Phi) is 3.72. The summed E-state index contributed by atoms with van der Waals surface area (Å²) >= 11 is 0. The minimum atomic E-state index is -0.157. The van der Waals surface area contributed by atoms with E-state index < -0.39 is 0 Å². The van der Waals surface area contributed by atoms with Gasteiger partial charge >= 0.3 is 0 Å². The molecule has 1 amide bonds. The highest BCUT2D eigenvalue weighted by Crippen LogP contribution is 2.38. The Morgan fingerprint density at radius 3 is 2.55 bits per heavy atom. The van der Waals surface area contributed by atoms with Crippen molar-refractivity contribution in [3.63, 3.8) is 0 Å². The third kappa shape index (κ3) is 3.20. The lowest BCUT2D eigenvalue weighted by Gasteiger charge is -2.05. The van der Waals surface area contributed by atoms with Crippen molar-refractivity contribution in [3.05, 3.63) is 59.4 Å². The molecule has 0 atom stereocenters. The molecule has 0 saturated heterocycles. The van der Waals surface area contributed by atoms with E-state index in [0.29, 0.717) is 18.2 Å². The Hall–Kier alpha value is -2.23. The first-order valence-corrected chi connectivity index (χ1v) is 6.98. The Morgan fingerprint density at radius 2 is 1.90 bits per heavy atom. The minimum absolute atomic E-state index is 0.157. The number of aromatic nitrogens is 2. The summed E-state index contributed by atoms with van der Waals surface area (Å²) in [7, 11) is 0. The van der Waals surface area contributed by atoms with Gasteiger partial charge in [-0.1, -0.05) is 30.3 Å². The molecular weight excluding hydrogens is 250 g/mol. The summed E-state index contributed by atoms with van der Waals surface area (Å²) in [5.74, 6) is 0.411. The maximum absolute atomic E-state index is 11.9. The summed E-state index contributed by atoms with van der Waals surface area (Å²) in [5.41, 5.74) is 2.61. The van der Waals surface area contributed by atoms with Gasteiger partial charge in [0, 0.05) is 12.5 Å². The molecule has 0 unspecified atom stereocenters. The number of nitrogens with zero attached hydrogens (tertiary/aromatic N) is 2. The van der Waals surface area contributed by atoms with Crippen LogP contribution in [0.5, 0.6) is 0 Å². The second-order valence-corrected chi connectivity index (χ2v) is 5.11. The van der Waals surface area contributed by atoms with E-state index in [1.165, 1.54) is 18.4 Å². The lowest BCUT2D eigenvalue weighted by molar-refractivity contribution is 0.0948. The van der Waals surface area contributed by atoms with Crippen molar-refractivity contribution in [3.8, 4) is 0 Å². The Bertz CT molecular complexity index is 576. The van der Waals surface area contributed by atoms with Crippen LogP contribution in [0.2, 0.25) is 0 Å². The van der Waals surface area contributed by atoms with Crippen molar-refractivity contribution < 1.29 is 4.79 Å². The topological polar surface area (TPSA) is 54.9 Å². The number of nitrogens with one attached hydrogen (secondary N) is 1. The molecule has 4 nitrogen and oxygen atoms in total. The van der Waals surface area contributed by atoms with Gasteiger partial charge in [0.25, 0.3) is 5.91 Å². The van der Waals surface area contributed by atoms with Crippen LogP contribution in [0.4, 0.5) is 0 Å². The van der Waals surface area contributed by atoms with Crippen molar-refractivity contribution in [2.75, 3.05) is 6.54 Å². The largest absolute Gasteiger partial charge is 0.350 e. The van der Waals surface area contributed by atoms with Gasteiger partial charge in [-0.25, -0.2) is 0 Å². The lowest BCUT2D eigenvalue weighted by Crippen LogP contribution is -2.26. The molecule has 0 aliphatic heterocycles. The molecule has 20 heavy (non-hydrogen) atoms. The summed E-state index contributed by atoms with van der Waals surface area (Å²) in [4.78, 5) is 11.9. The molecule has 4 heteroatoms. The van der Waals surface area contributed by atoms with E-state index in [2.05, 4.69) is 27.6 Å². The fraction of sp³-hybridized carbons (Fsp3) is 0.312. The molecule has 3 rings (SSSR count). The average Bonchev–Trinajstić information content (AvgIpc) is 3.33. The maximum atomic E-state index is 11.9. The predicted octanol–water partition coefficient (Wildman–Crippen LogP) is 2.33. The van der Waals surface area contributed by atoms with Crippen molar-refractivity contribution in [2.24, 2.45) is 0 Å². The van der Waals surface area contributed by atoms with Crippen LogP contribution in [0.1, 0.15) is 40.5 Å². The molecule has 1 aromatic carbocycles. The maximum Gasteiger partial charge on any atom is 0.271 e. The lowest BCUT2D eigenvalue weighted by atomic mass is 10.1. The molecule has 2 aromatic rings. The molecule has 1 fully saturated rings. The van der Waals surface area contributed by atoms with Crippen molar-refractivity contribution in [2.45, 2.75) is 25.2 Å². The zero-order valence-electron chi connectivity index (χ0n) is 11.2. The molecule has 0 bridgehead atoms. The molecule has 1 N–H and O–H groups in total. The van der Waals surface area contributed by atoms with Crippen LogP contribution in [0, 0.1) is 0 Å². The van der Waals surface area contributed by atoms with E-state index in [0.717, 1.165) is 12.1 Å². The number of carbonyl (C=O) groups is 1. The highest BCUT2D eigenvalue weighted by Gasteiger charge is 2.25. The summed E-state index contributed by atoms with van der Waals surface area (Å²) in [5, 5.41) is 11.0. The minimum Gasteiger partial charge on any atom is -0.350 e. The van der Waals surface area contributed by atoms with Gasteiger partial charge in [-0.2, -0.15) is 5.10 Å². The molecular formula is C16H17N3O. The van der Waals surface area contributed by atoms with Gasteiger partial charge in [0.05, 0.1) is 5.69 Å². The average molecular weight is 267 g/mol. The van der Waals surface area contributed by atoms with Gasteiger partial charge < -0.3 is 5.32 Å². The quantitative estimate of drug-likeness (QED) is 0.904. The molecule has 1 aromatic heterocycles. The second-order valence-electron chi connectivity index (χ2n) is 5.11. The van der Waals surface area contributed by atoms with Crippen molar-refractivity contribution in [1.29, 1.82) is 0 Å². The van der Waals surface area contributed by atoms with Crippen LogP contribution in [0.25, 0.3) is 0 Å². The first-order valence-electron chi connectivity index (χ1n) is 6.98.